The number of aromatic nitrogens is 2. The molecule has 0 amide bonds. The third kappa shape index (κ3) is 1.85. The maximum absolute atomic E-state index is 12.3. The summed E-state index contributed by atoms with van der Waals surface area (Å²) in [7, 11) is -1.84. The van der Waals surface area contributed by atoms with Crippen LogP contribution in [0.5, 0.6) is 0 Å². The number of aryl methyl sites for hydroxylation is 1. The first-order chi connectivity index (χ1) is 7.48. The number of sulfonamides is 1. The predicted molar refractivity (Wildman–Crippen MR) is 60.9 cm³/mol. The van der Waals surface area contributed by atoms with Crippen molar-refractivity contribution in [3.63, 3.8) is 0 Å². The van der Waals surface area contributed by atoms with Crippen molar-refractivity contribution in [1.82, 2.24) is 14.5 Å². The van der Waals surface area contributed by atoms with E-state index in [-0.39, 0.29) is 16.8 Å². The standard InChI is InChI=1S/C9H14ClN3O2S/c1-6-9(8(5-10)12-11-6)16(14,15)13(2)7-3-4-7/h7H,3-5H2,1-2H3,(H,11,12). The number of alkyl halides is 1. The van der Waals surface area contributed by atoms with E-state index < -0.39 is 10.0 Å². The molecule has 2 rings (SSSR count). The molecule has 1 heterocycles. The zero-order valence-corrected chi connectivity index (χ0v) is 10.8. The molecule has 1 saturated carbocycles. The van der Waals surface area contributed by atoms with E-state index in [9.17, 15) is 8.42 Å². The number of nitrogens with zero attached hydrogens (tertiary/aromatic N) is 2. The van der Waals surface area contributed by atoms with E-state index in [2.05, 4.69) is 10.2 Å². The lowest BCUT2D eigenvalue weighted by Gasteiger charge is -2.16. The molecule has 1 aliphatic rings. The Morgan fingerprint density at radius 2 is 2.19 bits per heavy atom. The summed E-state index contributed by atoms with van der Waals surface area (Å²) in [4.78, 5) is 0.233. The molecule has 7 heteroatoms. The van der Waals surface area contributed by atoms with Crippen molar-refractivity contribution >= 4 is 21.6 Å². The van der Waals surface area contributed by atoms with Gasteiger partial charge in [-0.3, -0.25) is 5.10 Å². The second-order valence-corrected chi connectivity index (χ2v) is 6.21. The highest BCUT2D eigenvalue weighted by Crippen LogP contribution is 2.32. The number of hydrogen-bond acceptors (Lipinski definition) is 3. The molecule has 16 heavy (non-hydrogen) atoms. The third-order valence-corrected chi connectivity index (χ3v) is 5.15. The topological polar surface area (TPSA) is 66.1 Å². The fourth-order valence-corrected chi connectivity index (χ4v) is 3.69. The minimum atomic E-state index is -3.45. The molecule has 1 fully saturated rings. The summed E-state index contributed by atoms with van der Waals surface area (Å²) in [6.45, 7) is 1.69. The highest BCUT2D eigenvalue weighted by molar-refractivity contribution is 7.89. The van der Waals surface area contributed by atoms with Crippen LogP contribution in [0.25, 0.3) is 0 Å². The summed E-state index contributed by atoms with van der Waals surface area (Å²) in [6, 6.07) is 0.141. The van der Waals surface area contributed by atoms with Gasteiger partial charge >= 0.3 is 0 Å². The van der Waals surface area contributed by atoms with E-state index in [4.69, 9.17) is 11.6 Å². The Balaban J connectivity index is 2.45. The maximum atomic E-state index is 12.3. The Kier molecular flexibility index (Phi) is 2.98. The monoisotopic (exact) mass is 263 g/mol. The second-order valence-electron chi connectivity index (χ2n) is 4.01. The average molecular weight is 264 g/mol. The lowest BCUT2D eigenvalue weighted by Crippen LogP contribution is -2.29. The van der Waals surface area contributed by atoms with E-state index in [0.29, 0.717) is 11.4 Å². The summed E-state index contributed by atoms with van der Waals surface area (Å²) in [5.74, 6) is 0.0947. The van der Waals surface area contributed by atoms with Gasteiger partial charge in [-0.15, -0.1) is 11.6 Å². The van der Waals surface area contributed by atoms with Crippen molar-refractivity contribution in [2.45, 2.75) is 36.6 Å². The molecule has 0 saturated heterocycles. The molecule has 0 bridgehead atoms. The maximum Gasteiger partial charge on any atom is 0.246 e. The van der Waals surface area contributed by atoms with Gasteiger partial charge in [-0.2, -0.15) is 9.40 Å². The van der Waals surface area contributed by atoms with Gasteiger partial charge in [-0.1, -0.05) is 0 Å². The molecule has 0 unspecified atom stereocenters. The normalized spacial score (nSPS) is 17.0. The SMILES string of the molecule is Cc1[nH]nc(CCl)c1S(=O)(=O)N(C)C1CC1. The lowest BCUT2D eigenvalue weighted by molar-refractivity contribution is 0.463. The van der Waals surface area contributed by atoms with Gasteiger partial charge in [0, 0.05) is 13.1 Å². The van der Waals surface area contributed by atoms with E-state index in [1.165, 1.54) is 4.31 Å². The van der Waals surface area contributed by atoms with Crippen LogP contribution in [0.1, 0.15) is 24.2 Å². The minimum absolute atomic E-state index is 0.0947. The molecule has 0 radical (unpaired) electrons. The van der Waals surface area contributed by atoms with Gasteiger partial charge in [0.15, 0.2) is 0 Å². The molecule has 5 nitrogen and oxygen atoms in total. The summed E-state index contributed by atoms with van der Waals surface area (Å²) < 4.78 is 26.0. The average Bonchev–Trinajstić information content (AvgIpc) is 3.00. The first-order valence-electron chi connectivity index (χ1n) is 5.06. The molecule has 0 atom stereocenters. The van der Waals surface area contributed by atoms with Crippen LogP contribution in [0, 0.1) is 6.92 Å². The summed E-state index contributed by atoms with van der Waals surface area (Å²) in [6.07, 6.45) is 1.87. The Morgan fingerprint density at radius 1 is 1.56 bits per heavy atom. The van der Waals surface area contributed by atoms with Crippen LogP contribution < -0.4 is 0 Å². The molecule has 1 aliphatic carbocycles. The number of aromatic amines is 1. The molecule has 0 aromatic carbocycles. The van der Waals surface area contributed by atoms with E-state index in [1.807, 2.05) is 0 Å². The molecule has 1 N–H and O–H groups in total. The predicted octanol–water partition coefficient (Wildman–Crippen LogP) is 1.24. The van der Waals surface area contributed by atoms with Crippen LogP contribution >= 0.6 is 11.6 Å². The van der Waals surface area contributed by atoms with Crippen molar-refractivity contribution in [2.24, 2.45) is 0 Å². The number of halogens is 1. The molecular weight excluding hydrogens is 250 g/mol. The van der Waals surface area contributed by atoms with Crippen LogP contribution in [0.3, 0.4) is 0 Å². The molecular formula is C9H14ClN3O2S. The van der Waals surface area contributed by atoms with Crippen LogP contribution in [0.15, 0.2) is 4.90 Å². The summed E-state index contributed by atoms with van der Waals surface area (Å²) in [5.41, 5.74) is 0.940. The van der Waals surface area contributed by atoms with Crippen molar-refractivity contribution in [1.29, 1.82) is 0 Å². The van der Waals surface area contributed by atoms with Crippen molar-refractivity contribution in [3.05, 3.63) is 11.4 Å². The molecule has 1 aromatic rings. The molecule has 90 valence electrons. The van der Waals surface area contributed by atoms with Gasteiger partial charge in [0.25, 0.3) is 0 Å². The molecule has 1 aromatic heterocycles. The first-order valence-corrected chi connectivity index (χ1v) is 7.03. The Bertz CT molecular complexity index is 493. The zero-order valence-electron chi connectivity index (χ0n) is 9.20. The van der Waals surface area contributed by atoms with Crippen LogP contribution in [0.4, 0.5) is 0 Å². The number of nitrogens with one attached hydrogen (secondary N) is 1. The highest BCUT2D eigenvalue weighted by atomic mass is 35.5. The quantitative estimate of drug-likeness (QED) is 0.831. The Hall–Kier alpha value is -0.590. The third-order valence-electron chi connectivity index (χ3n) is 2.79. The van der Waals surface area contributed by atoms with Crippen LogP contribution in [-0.4, -0.2) is 36.0 Å². The number of hydrogen-bond donors (Lipinski definition) is 1. The highest BCUT2D eigenvalue weighted by Gasteiger charge is 2.37. The second kappa shape index (κ2) is 4.01. The van der Waals surface area contributed by atoms with Gasteiger partial charge in [0.05, 0.1) is 17.3 Å². The van der Waals surface area contributed by atoms with Gasteiger partial charge in [-0.25, -0.2) is 8.42 Å². The largest absolute Gasteiger partial charge is 0.281 e. The Labute approximate surface area is 99.8 Å². The van der Waals surface area contributed by atoms with E-state index in [0.717, 1.165) is 12.8 Å². The van der Waals surface area contributed by atoms with Crippen molar-refractivity contribution < 1.29 is 8.42 Å². The van der Waals surface area contributed by atoms with Crippen LogP contribution in [-0.2, 0) is 15.9 Å². The summed E-state index contributed by atoms with van der Waals surface area (Å²) >= 11 is 5.69. The van der Waals surface area contributed by atoms with Gasteiger partial charge in [0.1, 0.15) is 4.90 Å². The fraction of sp³-hybridized carbons (Fsp3) is 0.667. The number of H-pyrrole nitrogens is 1. The van der Waals surface area contributed by atoms with E-state index >= 15 is 0 Å². The first kappa shape index (κ1) is 11.9. The van der Waals surface area contributed by atoms with Gasteiger partial charge < -0.3 is 0 Å². The van der Waals surface area contributed by atoms with Crippen molar-refractivity contribution in [2.75, 3.05) is 7.05 Å². The lowest BCUT2D eigenvalue weighted by atomic mass is 10.4. The molecule has 0 aliphatic heterocycles. The zero-order chi connectivity index (χ0) is 11.9. The van der Waals surface area contributed by atoms with Crippen molar-refractivity contribution in [3.8, 4) is 0 Å². The Morgan fingerprint density at radius 3 is 2.69 bits per heavy atom. The van der Waals surface area contributed by atoms with Gasteiger partial charge in [-0.05, 0) is 19.8 Å². The van der Waals surface area contributed by atoms with Crippen LogP contribution in [0.2, 0.25) is 0 Å². The molecule has 0 spiro atoms. The minimum Gasteiger partial charge on any atom is -0.281 e. The smallest absolute Gasteiger partial charge is 0.246 e. The fourth-order valence-electron chi connectivity index (χ4n) is 1.68. The summed E-state index contributed by atoms with van der Waals surface area (Å²) in [5, 5.41) is 6.57. The number of rotatable bonds is 4. The van der Waals surface area contributed by atoms with E-state index in [1.54, 1.807) is 14.0 Å². The van der Waals surface area contributed by atoms with Gasteiger partial charge in [0.2, 0.25) is 10.0 Å².